The molecule has 40 heavy (non-hydrogen) atoms. The van der Waals surface area contributed by atoms with E-state index in [0.717, 1.165) is 22.1 Å². The van der Waals surface area contributed by atoms with E-state index in [1.54, 1.807) is 50.5 Å². The van der Waals surface area contributed by atoms with E-state index in [1.807, 2.05) is 0 Å². The molecular formula is C26H25F2N7O3S2. The Morgan fingerprint density at radius 3 is 2.62 bits per heavy atom. The Labute approximate surface area is 232 Å². The number of pyridine rings is 1. The maximum Gasteiger partial charge on any atom is 0.333 e. The number of carbonyl (C=O) groups excluding carboxylic acids is 1. The zero-order valence-corrected chi connectivity index (χ0v) is 23.5. The average molecular weight is 586 g/mol. The van der Waals surface area contributed by atoms with Gasteiger partial charge in [0.15, 0.2) is 5.65 Å². The number of thiophene rings is 1. The van der Waals surface area contributed by atoms with E-state index < -0.39 is 21.8 Å². The van der Waals surface area contributed by atoms with Crippen LogP contribution >= 0.6 is 11.3 Å². The summed E-state index contributed by atoms with van der Waals surface area (Å²) in [6.07, 6.45) is 2.72. The number of amides is 1. The molecule has 10 nitrogen and oxygen atoms in total. The van der Waals surface area contributed by atoms with Crippen molar-refractivity contribution in [2.75, 3.05) is 32.9 Å². The van der Waals surface area contributed by atoms with Gasteiger partial charge in [-0.1, -0.05) is 19.1 Å². The Hall–Kier alpha value is -3.88. The molecule has 0 unspecified atom stereocenters. The maximum absolute atomic E-state index is 15.7. The van der Waals surface area contributed by atoms with E-state index in [2.05, 4.69) is 20.3 Å². The summed E-state index contributed by atoms with van der Waals surface area (Å²) in [6.45, 7) is 2.42. The number of sulfonamides is 1. The van der Waals surface area contributed by atoms with Crippen molar-refractivity contribution in [3.8, 4) is 10.6 Å². The first kappa shape index (κ1) is 27.7. The van der Waals surface area contributed by atoms with Crippen LogP contribution in [0, 0.1) is 0 Å². The number of hydrogen-bond donors (Lipinski definition) is 0. The number of fused-ring (bicyclic) bond motifs is 2. The second kappa shape index (κ2) is 10.6. The van der Waals surface area contributed by atoms with Gasteiger partial charge in [-0.3, -0.25) is 9.78 Å². The Kier molecular flexibility index (Phi) is 7.33. The minimum atomic E-state index is -3.49. The summed E-state index contributed by atoms with van der Waals surface area (Å²) in [5.74, 6) is -4.41. The lowest BCUT2D eigenvalue weighted by Crippen LogP contribution is -2.38. The van der Waals surface area contributed by atoms with Gasteiger partial charge < -0.3 is 4.90 Å². The SMILES string of the molecule is CCN(CCN(C)C(=O)c1ccc(-c2ccc3nnc(C(F)(F)c4ccc5ncccc5c4)n3n2)s1)S(C)(=O)=O. The number of likely N-dealkylation sites (N-methyl/N-ethyl adjacent to an activating group) is 2. The summed E-state index contributed by atoms with van der Waals surface area (Å²) in [4.78, 5) is 19.6. The van der Waals surface area contributed by atoms with E-state index in [-0.39, 0.29) is 30.2 Å². The molecule has 0 radical (unpaired) electrons. The van der Waals surface area contributed by atoms with Crippen LogP contribution in [0.4, 0.5) is 8.78 Å². The smallest absolute Gasteiger partial charge is 0.333 e. The van der Waals surface area contributed by atoms with Crippen molar-refractivity contribution in [3.63, 3.8) is 0 Å². The molecule has 0 aliphatic heterocycles. The number of aromatic nitrogens is 5. The van der Waals surface area contributed by atoms with Gasteiger partial charge in [-0.2, -0.15) is 18.4 Å². The lowest BCUT2D eigenvalue weighted by Gasteiger charge is -2.22. The normalized spacial score (nSPS) is 12.4. The molecule has 208 valence electrons. The molecule has 0 spiro atoms. The molecular weight excluding hydrogens is 560 g/mol. The van der Waals surface area contributed by atoms with Gasteiger partial charge in [0, 0.05) is 43.8 Å². The molecule has 14 heteroatoms. The summed E-state index contributed by atoms with van der Waals surface area (Å²) in [7, 11) is -1.77. The molecule has 1 aromatic carbocycles. The van der Waals surface area contributed by atoms with Crippen molar-refractivity contribution >= 4 is 43.8 Å². The molecule has 4 heterocycles. The van der Waals surface area contributed by atoms with Gasteiger partial charge in [0.1, 0.15) is 5.69 Å². The monoisotopic (exact) mass is 585 g/mol. The molecule has 5 aromatic rings. The van der Waals surface area contributed by atoms with E-state index in [4.69, 9.17) is 0 Å². The predicted octanol–water partition coefficient (Wildman–Crippen LogP) is 3.89. The highest BCUT2D eigenvalue weighted by Crippen LogP contribution is 2.36. The fourth-order valence-electron chi connectivity index (χ4n) is 4.22. The third-order valence-corrected chi connectivity index (χ3v) is 8.91. The zero-order valence-electron chi connectivity index (χ0n) is 21.8. The van der Waals surface area contributed by atoms with Gasteiger partial charge in [0.25, 0.3) is 5.91 Å². The lowest BCUT2D eigenvalue weighted by molar-refractivity contribution is 0.0307. The molecule has 1 amide bonds. The van der Waals surface area contributed by atoms with Crippen LogP contribution in [0.1, 0.15) is 28.0 Å². The van der Waals surface area contributed by atoms with Crippen molar-refractivity contribution in [1.82, 2.24) is 34.0 Å². The number of carbonyl (C=O) groups is 1. The van der Waals surface area contributed by atoms with Gasteiger partial charge in [0.05, 0.1) is 21.5 Å². The van der Waals surface area contributed by atoms with Crippen LogP contribution in [0.2, 0.25) is 0 Å². The van der Waals surface area contributed by atoms with E-state index in [1.165, 1.54) is 33.5 Å². The summed E-state index contributed by atoms with van der Waals surface area (Å²) >= 11 is 1.16. The number of rotatable bonds is 9. The first-order valence-electron chi connectivity index (χ1n) is 12.3. The minimum Gasteiger partial charge on any atom is -0.340 e. The van der Waals surface area contributed by atoms with Gasteiger partial charge in [0.2, 0.25) is 15.8 Å². The minimum absolute atomic E-state index is 0.153. The number of halogens is 2. The highest BCUT2D eigenvalue weighted by Gasteiger charge is 2.40. The van der Waals surface area contributed by atoms with E-state index >= 15 is 8.78 Å². The topological polar surface area (TPSA) is 114 Å². The molecule has 4 aromatic heterocycles. The Bertz CT molecular complexity index is 1820. The van der Waals surface area contributed by atoms with Gasteiger partial charge in [-0.15, -0.1) is 21.5 Å². The van der Waals surface area contributed by atoms with Crippen LogP contribution in [-0.2, 0) is 15.9 Å². The zero-order chi connectivity index (χ0) is 28.7. The average Bonchev–Trinajstić information content (AvgIpc) is 3.59. The van der Waals surface area contributed by atoms with Crippen molar-refractivity contribution in [3.05, 3.63) is 77.1 Å². The molecule has 5 rings (SSSR count). The summed E-state index contributed by atoms with van der Waals surface area (Å²) < 4.78 is 57.3. The van der Waals surface area contributed by atoms with Crippen LogP contribution in [0.15, 0.2) is 60.8 Å². The highest BCUT2D eigenvalue weighted by atomic mass is 32.2. The van der Waals surface area contributed by atoms with Crippen molar-refractivity contribution in [1.29, 1.82) is 0 Å². The Morgan fingerprint density at radius 2 is 1.88 bits per heavy atom. The first-order valence-corrected chi connectivity index (χ1v) is 14.9. The van der Waals surface area contributed by atoms with Gasteiger partial charge >= 0.3 is 5.92 Å². The molecule has 0 saturated carbocycles. The van der Waals surface area contributed by atoms with E-state index in [9.17, 15) is 13.2 Å². The van der Waals surface area contributed by atoms with Crippen LogP contribution in [0.3, 0.4) is 0 Å². The second-order valence-electron chi connectivity index (χ2n) is 9.14. The molecule has 0 aliphatic carbocycles. The fourth-order valence-corrected chi connectivity index (χ4v) is 6.06. The van der Waals surface area contributed by atoms with Crippen molar-refractivity contribution in [2.24, 2.45) is 0 Å². The Morgan fingerprint density at radius 1 is 1.07 bits per heavy atom. The third-order valence-electron chi connectivity index (χ3n) is 6.43. The maximum atomic E-state index is 15.7. The number of nitrogens with zero attached hydrogens (tertiary/aromatic N) is 7. The van der Waals surface area contributed by atoms with Gasteiger partial charge in [-0.25, -0.2) is 12.7 Å². The number of hydrogen-bond acceptors (Lipinski definition) is 8. The second-order valence-corrected chi connectivity index (χ2v) is 12.2. The summed E-state index contributed by atoms with van der Waals surface area (Å²) in [5, 5.41) is 12.6. The molecule has 0 N–H and O–H groups in total. The number of benzene rings is 1. The third kappa shape index (κ3) is 5.29. The molecule has 0 aliphatic rings. The molecule has 0 saturated heterocycles. The largest absolute Gasteiger partial charge is 0.340 e. The van der Waals surface area contributed by atoms with Crippen LogP contribution in [-0.4, -0.2) is 81.3 Å². The fraction of sp³-hybridized carbons (Fsp3) is 0.269. The highest BCUT2D eigenvalue weighted by molar-refractivity contribution is 7.88. The number of alkyl halides is 2. The molecule has 0 atom stereocenters. The molecule has 0 bridgehead atoms. The summed E-state index contributed by atoms with van der Waals surface area (Å²) in [6, 6.07) is 14.1. The van der Waals surface area contributed by atoms with Crippen molar-refractivity contribution in [2.45, 2.75) is 12.8 Å². The standard InChI is InChI=1S/C26H25F2N7O3S2/c1-4-34(40(3,37)38)15-14-33(2)24(36)22-11-10-21(39-22)20-9-12-23-30-31-25(35(23)32-20)26(27,28)18-7-8-19-17(16-18)6-5-13-29-19/h5-13,16H,4,14-15H2,1-3H3. The van der Waals surface area contributed by atoms with Crippen molar-refractivity contribution < 1.29 is 22.0 Å². The quantitative estimate of drug-likeness (QED) is 0.258. The van der Waals surface area contributed by atoms with Crippen LogP contribution in [0.5, 0.6) is 0 Å². The predicted molar refractivity (Wildman–Crippen MR) is 148 cm³/mol. The van der Waals surface area contributed by atoms with Crippen LogP contribution in [0.25, 0.3) is 27.1 Å². The molecule has 0 fully saturated rings. The van der Waals surface area contributed by atoms with E-state index in [0.29, 0.717) is 32.9 Å². The Balaban J connectivity index is 1.40. The van der Waals surface area contributed by atoms with Crippen LogP contribution < -0.4 is 0 Å². The van der Waals surface area contributed by atoms with Gasteiger partial charge in [-0.05, 0) is 42.5 Å². The lowest BCUT2D eigenvalue weighted by atomic mass is 10.0. The summed E-state index contributed by atoms with van der Waals surface area (Å²) in [5.41, 5.74) is 0.854. The first-order chi connectivity index (χ1) is 19.0.